The molecule has 1 saturated heterocycles. The summed E-state index contributed by atoms with van der Waals surface area (Å²) in [5, 5.41) is 17.5. The zero-order valence-corrected chi connectivity index (χ0v) is 19.6. The number of halogens is 1. The number of hydrogen-bond donors (Lipinski definition) is 2. The van der Waals surface area contributed by atoms with E-state index in [4.69, 9.17) is 11.6 Å². The van der Waals surface area contributed by atoms with E-state index >= 15 is 0 Å². The summed E-state index contributed by atoms with van der Waals surface area (Å²) in [6.07, 6.45) is 4.95. The highest BCUT2D eigenvalue weighted by Gasteiger charge is 2.58. The molecule has 2 fully saturated rings. The van der Waals surface area contributed by atoms with Gasteiger partial charge in [-0.2, -0.15) is 0 Å². The fourth-order valence-electron chi connectivity index (χ4n) is 5.34. The zero-order chi connectivity index (χ0) is 24.9. The Balaban J connectivity index is 1.30. The number of nitrogens with zero attached hydrogens (tertiary/aromatic N) is 2. The Morgan fingerprint density at radius 2 is 1.80 bits per heavy atom. The van der Waals surface area contributed by atoms with Crippen LogP contribution in [0.1, 0.15) is 22.3 Å². The van der Waals surface area contributed by atoms with E-state index in [2.05, 4.69) is 10.6 Å². The molecule has 2 aliphatic carbocycles. The number of nitro groups is 1. The van der Waals surface area contributed by atoms with E-state index in [0.717, 1.165) is 12.0 Å². The number of nitro benzene ring substituents is 1. The van der Waals surface area contributed by atoms with Crippen LogP contribution in [0.5, 0.6) is 0 Å². The van der Waals surface area contributed by atoms with Crippen LogP contribution in [0, 0.1) is 40.7 Å². The van der Waals surface area contributed by atoms with E-state index in [0.29, 0.717) is 16.4 Å². The molecule has 3 aliphatic rings. The van der Waals surface area contributed by atoms with Crippen LogP contribution in [0.25, 0.3) is 0 Å². The van der Waals surface area contributed by atoms with Gasteiger partial charge in [0.2, 0.25) is 11.8 Å². The van der Waals surface area contributed by atoms with Gasteiger partial charge in [-0.3, -0.25) is 29.4 Å². The molecule has 3 amide bonds. The standard InChI is InChI=1S/C25H23ClN4O5/c1-13-2-5-16(11-19(13)26)28-23(31)18-12-17(30(34)35)6-7-20(18)27-8-9-29-24(32)21-14-3-4-15(10-14)22(21)25(29)33/h2-7,11-12,14-15,21-22,27H,8-10H2,1H3,(H,28,31)/t14-,15-,21-,22+/m0/s1. The van der Waals surface area contributed by atoms with Crippen molar-refractivity contribution < 1.29 is 19.3 Å². The van der Waals surface area contributed by atoms with E-state index in [1.165, 1.54) is 23.1 Å². The van der Waals surface area contributed by atoms with Crippen molar-refractivity contribution in [1.82, 2.24) is 4.90 Å². The minimum absolute atomic E-state index is 0.0640. The molecule has 4 atom stereocenters. The monoisotopic (exact) mass is 494 g/mol. The van der Waals surface area contributed by atoms with Crippen LogP contribution < -0.4 is 10.6 Å². The first-order valence-corrected chi connectivity index (χ1v) is 11.8. The minimum atomic E-state index is -0.577. The van der Waals surface area contributed by atoms with Crippen LogP contribution in [-0.4, -0.2) is 40.6 Å². The summed E-state index contributed by atoms with van der Waals surface area (Å²) in [6, 6.07) is 8.97. The molecule has 2 aromatic rings. The number of amides is 3. The summed E-state index contributed by atoms with van der Waals surface area (Å²) in [4.78, 5) is 50.8. The van der Waals surface area contributed by atoms with E-state index in [9.17, 15) is 24.5 Å². The molecule has 10 heteroatoms. The number of aryl methyl sites for hydroxylation is 1. The number of fused-ring (bicyclic) bond motifs is 5. The number of hydrogen-bond acceptors (Lipinski definition) is 6. The first-order chi connectivity index (χ1) is 16.7. The van der Waals surface area contributed by atoms with E-state index in [1.54, 1.807) is 18.2 Å². The Kier molecular flexibility index (Phi) is 5.80. The van der Waals surface area contributed by atoms with E-state index in [-0.39, 0.29) is 59.8 Å². The second-order valence-electron chi connectivity index (χ2n) is 9.16. The highest BCUT2D eigenvalue weighted by molar-refractivity contribution is 6.31. The Morgan fingerprint density at radius 1 is 1.11 bits per heavy atom. The number of benzene rings is 2. The zero-order valence-electron chi connectivity index (χ0n) is 18.9. The molecule has 2 bridgehead atoms. The van der Waals surface area contributed by atoms with Gasteiger partial charge in [-0.1, -0.05) is 29.8 Å². The number of rotatable bonds is 7. The third-order valence-corrected chi connectivity index (χ3v) is 7.51. The highest BCUT2D eigenvalue weighted by atomic mass is 35.5. The highest BCUT2D eigenvalue weighted by Crippen LogP contribution is 2.52. The molecular weight excluding hydrogens is 472 g/mol. The Hall–Kier alpha value is -3.72. The van der Waals surface area contributed by atoms with Crippen LogP contribution in [0.4, 0.5) is 17.1 Å². The number of anilines is 2. The second-order valence-corrected chi connectivity index (χ2v) is 9.57. The molecule has 35 heavy (non-hydrogen) atoms. The van der Waals surface area contributed by atoms with Crippen LogP contribution >= 0.6 is 11.6 Å². The predicted molar refractivity (Wildman–Crippen MR) is 130 cm³/mol. The molecule has 1 saturated carbocycles. The Morgan fingerprint density at radius 3 is 2.43 bits per heavy atom. The number of allylic oxidation sites excluding steroid dienone is 2. The smallest absolute Gasteiger partial charge is 0.270 e. The number of carbonyl (C=O) groups is 3. The lowest BCUT2D eigenvalue weighted by atomic mass is 9.85. The van der Waals surface area contributed by atoms with Crippen LogP contribution in [-0.2, 0) is 9.59 Å². The Labute approximate surface area is 206 Å². The minimum Gasteiger partial charge on any atom is -0.383 e. The number of non-ortho nitro benzene ring substituents is 1. The molecule has 1 heterocycles. The molecule has 0 aromatic heterocycles. The van der Waals surface area contributed by atoms with Crippen LogP contribution in [0.15, 0.2) is 48.6 Å². The molecule has 2 N–H and O–H groups in total. The van der Waals surface area contributed by atoms with Gasteiger partial charge in [0.05, 0.1) is 22.3 Å². The van der Waals surface area contributed by atoms with Crippen LogP contribution in [0.3, 0.4) is 0 Å². The van der Waals surface area contributed by atoms with Gasteiger partial charge in [0.1, 0.15) is 0 Å². The van der Waals surface area contributed by atoms with Gasteiger partial charge in [-0.15, -0.1) is 0 Å². The van der Waals surface area contributed by atoms with Crippen molar-refractivity contribution in [3.8, 4) is 0 Å². The number of carbonyl (C=O) groups excluding carboxylic acids is 3. The summed E-state index contributed by atoms with van der Waals surface area (Å²) < 4.78 is 0. The maximum absolute atomic E-state index is 13.0. The average Bonchev–Trinajstić information content (AvgIpc) is 3.51. The lowest BCUT2D eigenvalue weighted by Crippen LogP contribution is -2.36. The quantitative estimate of drug-likeness (QED) is 0.259. The fraction of sp³-hybridized carbons (Fsp3) is 0.320. The fourth-order valence-corrected chi connectivity index (χ4v) is 5.52. The molecule has 2 aromatic carbocycles. The average molecular weight is 495 g/mol. The maximum atomic E-state index is 13.0. The molecule has 1 aliphatic heterocycles. The largest absolute Gasteiger partial charge is 0.383 e. The topological polar surface area (TPSA) is 122 Å². The molecule has 180 valence electrons. The predicted octanol–water partition coefficient (Wildman–Crippen LogP) is 4.03. The number of imide groups is 1. The molecule has 0 spiro atoms. The molecule has 9 nitrogen and oxygen atoms in total. The lowest BCUT2D eigenvalue weighted by Gasteiger charge is -2.18. The van der Waals surface area contributed by atoms with E-state index in [1.807, 2.05) is 19.1 Å². The van der Waals surface area contributed by atoms with Crippen LogP contribution in [0.2, 0.25) is 5.02 Å². The van der Waals surface area contributed by atoms with Gasteiger partial charge in [0, 0.05) is 41.6 Å². The summed E-state index contributed by atoms with van der Waals surface area (Å²) in [6.45, 7) is 2.19. The van der Waals surface area contributed by atoms with Crippen molar-refractivity contribution in [2.45, 2.75) is 13.3 Å². The molecule has 5 rings (SSSR count). The first-order valence-electron chi connectivity index (χ1n) is 11.4. The van der Waals surface area contributed by atoms with Gasteiger partial charge in [-0.25, -0.2) is 0 Å². The number of likely N-dealkylation sites (tertiary alicyclic amines) is 1. The van der Waals surface area contributed by atoms with Crippen molar-refractivity contribution in [2.24, 2.45) is 23.7 Å². The molecule has 0 radical (unpaired) electrons. The first kappa shape index (κ1) is 23.0. The summed E-state index contributed by atoms with van der Waals surface area (Å²) in [5.41, 5.74) is 1.48. The molecule has 0 unspecified atom stereocenters. The van der Waals surface area contributed by atoms with Gasteiger partial charge < -0.3 is 10.6 Å². The normalized spacial score (nSPS) is 24.1. The van der Waals surface area contributed by atoms with Crippen molar-refractivity contribution >= 4 is 46.4 Å². The van der Waals surface area contributed by atoms with E-state index < -0.39 is 10.8 Å². The van der Waals surface area contributed by atoms with Crippen molar-refractivity contribution in [2.75, 3.05) is 23.7 Å². The third-order valence-electron chi connectivity index (χ3n) is 7.10. The number of nitrogens with one attached hydrogen (secondary N) is 2. The summed E-state index contributed by atoms with van der Waals surface area (Å²) in [5.74, 6) is -1.09. The lowest BCUT2D eigenvalue weighted by molar-refractivity contribution is -0.384. The maximum Gasteiger partial charge on any atom is 0.270 e. The van der Waals surface area contributed by atoms with Crippen molar-refractivity contribution in [1.29, 1.82) is 0 Å². The van der Waals surface area contributed by atoms with Gasteiger partial charge in [0.15, 0.2) is 0 Å². The summed E-state index contributed by atoms with van der Waals surface area (Å²) >= 11 is 6.14. The Bertz CT molecular complexity index is 1260. The molecular formula is C25H23ClN4O5. The SMILES string of the molecule is Cc1ccc(NC(=O)c2cc([N+](=O)[O-])ccc2NCCN2C(=O)[C@@H]3[C@H](C2=O)[C@H]2C=C[C@H]3C2)cc1Cl. The second kappa shape index (κ2) is 8.81. The van der Waals surface area contributed by atoms with Gasteiger partial charge in [0.25, 0.3) is 11.6 Å². The third kappa shape index (κ3) is 4.05. The van der Waals surface area contributed by atoms with Crippen molar-refractivity contribution in [3.63, 3.8) is 0 Å². The van der Waals surface area contributed by atoms with Crippen molar-refractivity contribution in [3.05, 3.63) is 74.8 Å². The summed E-state index contributed by atoms with van der Waals surface area (Å²) in [7, 11) is 0. The van der Waals surface area contributed by atoms with Gasteiger partial charge >= 0.3 is 0 Å². The van der Waals surface area contributed by atoms with Gasteiger partial charge in [-0.05, 0) is 48.9 Å².